The molecule has 0 unspecified atom stereocenters. The summed E-state index contributed by atoms with van der Waals surface area (Å²) in [5, 5.41) is 0.679. The Morgan fingerprint density at radius 3 is 2.96 bits per heavy atom. The summed E-state index contributed by atoms with van der Waals surface area (Å²) in [6.07, 6.45) is 7.83. The number of rotatable bonds is 4. The minimum absolute atomic E-state index is 0.0152. The van der Waals surface area contributed by atoms with Gasteiger partial charge in [0.15, 0.2) is 0 Å². The van der Waals surface area contributed by atoms with Crippen molar-refractivity contribution in [1.29, 1.82) is 0 Å². The third-order valence-electron chi connectivity index (χ3n) is 5.78. The van der Waals surface area contributed by atoms with Crippen molar-refractivity contribution in [2.24, 2.45) is 0 Å². The van der Waals surface area contributed by atoms with Gasteiger partial charge in [-0.3, -0.25) is 9.59 Å². The van der Waals surface area contributed by atoms with Gasteiger partial charge in [0.05, 0.1) is 16.4 Å². The number of aromatic amines is 1. The quantitative estimate of drug-likeness (QED) is 0.838. The Labute approximate surface area is 167 Å². The van der Waals surface area contributed by atoms with Crippen molar-refractivity contribution < 1.29 is 4.79 Å². The molecule has 5 nitrogen and oxygen atoms in total. The second-order valence-corrected chi connectivity index (χ2v) is 10.1. The SMILES string of the molecule is C[C@@H]1CCCCN1C(=O)[C@@H](C)SCc1nc2sc3c(c2c(=O)[nH]1)CCCC3. The molecule has 2 aliphatic rings. The van der Waals surface area contributed by atoms with E-state index < -0.39 is 0 Å². The summed E-state index contributed by atoms with van der Waals surface area (Å²) >= 11 is 3.24. The molecule has 7 heteroatoms. The number of aryl methyl sites for hydroxylation is 2. The fourth-order valence-corrected chi connectivity index (χ4v) is 6.31. The summed E-state index contributed by atoms with van der Waals surface area (Å²) < 4.78 is 0. The van der Waals surface area contributed by atoms with Crippen LogP contribution in [0.2, 0.25) is 0 Å². The number of thioether (sulfide) groups is 1. The molecule has 0 bridgehead atoms. The smallest absolute Gasteiger partial charge is 0.259 e. The number of hydrogen-bond donors (Lipinski definition) is 1. The van der Waals surface area contributed by atoms with Crippen LogP contribution in [0.3, 0.4) is 0 Å². The summed E-state index contributed by atoms with van der Waals surface area (Å²) in [5.41, 5.74) is 1.20. The number of thiophene rings is 1. The summed E-state index contributed by atoms with van der Waals surface area (Å²) in [4.78, 5) is 37.3. The zero-order chi connectivity index (χ0) is 19.0. The van der Waals surface area contributed by atoms with Gasteiger partial charge in [-0.05, 0) is 64.4 Å². The molecule has 0 radical (unpaired) electrons. The summed E-state index contributed by atoms with van der Waals surface area (Å²) in [7, 11) is 0. The number of carbonyl (C=O) groups excluding carboxylic acids is 1. The Balaban J connectivity index is 1.47. The summed E-state index contributed by atoms with van der Waals surface area (Å²) in [6, 6.07) is 0.334. The maximum Gasteiger partial charge on any atom is 0.259 e. The molecule has 1 amide bonds. The van der Waals surface area contributed by atoms with Gasteiger partial charge >= 0.3 is 0 Å². The van der Waals surface area contributed by atoms with Crippen molar-refractivity contribution in [2.75, 3.05) is 6.54 Å². The molecule has 3 heterocycles. The van der Waals surface area contributed by atoms with E-state index in [0.717, 1.165) is 48.9 Å². The number of carbonyl (C=O) groups is 1. The molecule has 1 aliphatic heterocycles. The zero-order valence-electron chi connectivity index (χ0n) is 16.0. The Bertz CT molecular complexity index is 904. The van der Waals surface area contributed by atoms with Crippen molar-refractivity contribution in [2.45, 2.75) is 75.8 Å². The van der Waals surface area contributed by atoms with Crippen LogP contribution in [0.5, 0.6) is 0 Å². The van der Waals surface area contributed by atoms with Crippen LogP contribution in [0.25, 0.3) is 10.2 Å². The van der Waals surface area contributed by atoms with Crippen LogP contribution in [0.4, 0.5) is 0 Å². The van der Waals surface area contributed by atoms with Crippen LogP contribution >= 0.6 is 23.1 Å². The number of amides is 1. The van der Waals surface area contributed by atoms with Crippen LogP contribution in [-0.2, 0) is 23.4 Å². The van der Waals surface area contributed by atoms with Gasteiger partial charge < -0.3 is 9.88 Å². The minimum atomic E-state index is -0.122. The number of nitrogens with zero attached hydrogens (tertiary/aromatic N) is 2. The summed E-state index contributed by atoms with van der Waals surface area (Å²) in [5.74, 6) is 1.45. The van der Waals surface area contributed by atoms with Gasteiger partial charge in [0.2, 0.25) is 5.91 Å². The molecule has 146 valence electrons. The first kappa shape index (κ1) is 19.0. The molecule has 0 spiro atoms. The van der Waals surface area contributed by atoms with Gasteiger partial charge in [0.1, 0.15) is 10.7 Å². The topological polar surface area (TPSA) is 66.1 Å². The second kappa shape index (κ2) is 7.95. The lowest BCUT2D eigenvalue weighted by atomic mass is 9.97. The Hall–Kier alpha value is -1.34. The normalized spacial score (nSPS) is 21.3. The van der Waals surface area contributed by atoms with Gasteiger partial charge in [0.25, 0.3) is 5.56 Å². The van der Waals surface area contributed by atoms with Crippen LogP contribution < -0.4 is 5.56 Å². The number of H-pyrrole nitrogens is 1. The molecule has 1 saturated heterocycles. The van der Waals surface area contributed by atoms with Crippen LogP contribution in [0.1, 0.15) is 62.2 Å². The molecule has 1 aliphatic carbocycles. The molecular weight excluding hydrogens is 378 g/mol. The monoisotopic (exact) mass is 405 g/mol. The lowest BCUT2D eigenvalue weighted by molar-refractivity contribution is -0.133. The van der Waals surface area contributed by atoms with Gasteiger partial charge in [0, 0.05) is 17.5 Å². The number of hydrogen-bond acceptors (Lipinski definition) is 5. The van der Waals surface area contributed by atoms with Gasteiger partial charge in [-0.1, -0.05) is 0 Å². The van der Waals surface area contributed by atoms with E-state index in [1.165, 1.54) is 23.3 Å². The predicted octanol–water partition coefficient (Wildman–Crippen LogP) is 3.89. The van der Waals surface area contributed by atoms with E-state index in [-0.39, 0.29) is 16.7 Å². The lowest BCUT2D eigenvalue weighted by Crippen LogP contribution is -2.45. The van der Waals surface area contributed by atoms with Gasteiger partial charge in [-0.15, -0.1) is 23.1 Å². The molecule has 4 rings (SSSR count). The highest BCUT2D eigenvalue weighted by atomic mass is 32.2. The molecule has 2 aromatic rings. The fraction of sp³-hybridized carbons (Fsp3) is 0.650. The highest BCUT2D eigenvalue weighted by Crippen LogP contribution is 2.33. The molecular formula is C20H27N3O2S2. The number of fused-ring (bicyclic) bond motifs is 3. The molecule has 2 atom stereocenters. The fourth-order valence-electron chi connectivity index (χ4n) is 4.21. The first-order valence-corrected chi connectivity index (χ1v) is 11.9. The van der Waals surface area contributed by atoms with Crippen LogP contribution in [-0.4, -0.2) is 38.6 Å². The third-order valence-corrected chi connectivity index (χ3v) is 8.11. The van der Waals surface area contributed by atoms with Gasteiger partial charge in [-0.2, -0.15) is 0 Å². The molecule has 0 aromatic carbocycles. The standard InChI is InChI=1S/C20H27N3O2S2/c1-12-7-5-6-10-23(12)20(25)13(2)26-11-16-21-18(24)17-14-8-3-4-9-15(14)27-19(17)22-16/h12-13H,3-11H2,1-2H3,(H,21,22,24)/t12-,13-/m1/s1. The first-order valence-electron chi connectivity index (χ1n) is 10.00. The largest absolute Gasteiger partial charge is 0.339 e. The average Bonchev–Trinajstić information content (AvgIpc) is 3.04. The second-order valence-electron chi connectivity index (χ2n) is 7.73. The molecule has 2 aromatic heterocycles. The van der Waals surface area contributed by atoms with E-state index >= 15 is 0 Å². The van der Waals surface area contributed by atoms with E-state index in [1.54, 1.807) is 23.1 Å². The van der Waals surface area contributed by atoms with Crippen LogP contribution in [0, 0.1) is 0 Å². The minimum Gasteiger partial charge on any atom is -0.339 e. The van der Waals surface area contributed by atoms with Crippen molar-refractivity contribution in [3.63, 3.8) is 0 Å². The number of likely N-dealkylation sites (tertiary alicyclic amines) is 1. The molecule has 1 fully saturated rings. The van der Waals surface area contributed by atoms with Crippen LogP contribution in [0.15, 0.2) is 4.79 Å². The van der Waals surface area contributed by atoms with Crippen molar-refractivity contribution in [3.8, 4) is 0 Å². The summed E-state index contributed by atoms with van der Waals surface area (Å²) in [6.45, 7) is 4.97. The molecule has 0 saturated carbocycles. The number of piperidine rings is 1. The van der Waals surface area contributed by atoms with E-state index in [9.17, 15) is 9.59 Å². The van der Waals surface area contributed by atoms with Crippen molar-refractivity contribution in [1.82, 2.24) is 14.9 Å². The third kappa shape index (κ3) is 3.81. The Morgan fingerprint density at radius 2 is 2.15 bits per heavy atom. The van der Waals surface area contributed by atoms with E-state index in [4.69, 9.17) is 4.98 Å². The highest BCUT2D eigenvalue weighted by molar-refractivity contribution is 7.99. The number of nitrogens with one attached hydrogen (secondary N) is 1. The zero-order valence-corrected chi connectivity index (χ0v) is 17.7. The lowest BCUT2D eigenvalue weighted by Gasteiger charge is -2.35. The van der Waals surface area contributed by atoms with E-state index in [0.29, 0.717) is 17.6 Å². The molecule has 1 N–H and O–H groups in total. The van der Waals surface area contributed by atoms with E-state index in [1.807, 2.05) is 11.8 Å². The average molecular weight is 406 g/mol. The number of aromatic nitrogens is 2. The highest BCUT2D eigenvalue weighted by Gasteiger charge is 2.27. The first-order chi connectivity index (χ1) is 13.0. The predicted molar refractivity (Wildman–Crippen MR) is 113 cm³/mol. The van der Waals surface area contributed by atoms with Crippen molar-refractivity contribution >= 4 is 39.2 Å². The van der Waals surface area contributed by atoms with Crippen molar-refractivity contribution in [3.05, 3.63) is 26.6 Å². The van der Waals surface area contributed by atoms with E-state index in [2.05, 4.69) is 11.9 Å². The Morgan fingerprint density at radius 1 is 1.33 bits per heavy atom. The maximum atomic E-state index is 12.8. The Kier molecular flexibility index (Phi) is 5.60. The molecule has 27 heavy (non-hydrogen) atoms. The van der Waals surface area contributed by atoms with Gasteiger partial charge in [-0.25, -0.2) is 4.98 Å². The maximum absolute atomic E-state index is 12.8.